The molecule has 1 aliphatic heterocycles. The summed E-state index contributed by atoms with van der Waals surface area (Å²) in [5.74, 6) is 1.20. The monoisotopic (exact) mass is 496 g/mol. The molecule has 186 valence electrons. The quantitative estimate of drug-likeness (QED) is 0.345. The van der Waals surface area contributed by atoms with Gasteiger partial charge in [0.05, 0.1) is 11.3 Å². The second-order valence-corrected chi connectivity index (χ2v) is 9.07. The van der Waals surface area contributed by atoms with Gasteiger partial charge in [-0.3, -0.25) is 4.79 Å². The van der Waals surface area contributed by atoms with Crippen molar-refractivity contribution < 1.29 is 13.9 Å². The van der Waals surface area contributed by atoms with E-state index in [-0.39, 0.29) is 12.5 Å². The summed E-state index contributed by atoms with van der Waals surface area (Å²) in [6.45, 7) is 1.03. The number of anilines is 1. The van der Waals surface area contributed by atoms with Crippen LogP contribution in [0.15, 0.2) is 73.1 Å². The van der Waals surface area contributed by atoms with Crippen LogP contribution in [-0.2, 0) is 19.6 Å². The van der Waals surface area contributed by atoms with E-state index in [4.69, 9.17) is 4.74 Å². The summed E-state index contributed by atoms with van der Waals surface area (Å²) in [6.07, 6.45) is 7.84. The van der Waals surface area contributed by atoms with Crippen molar-refractivity contribution in [1.82, 2.24) is 24.1 Å². The molecule has 5 aromatic rings. The molecule has 1 aliphatic rings. The molecule has 0 saturated heterocycles. The Labute approximate surface area is 212 Å². The van der Waals surface area contributed by atoms with Gasteiger partial charge in [0.25, 0.3) is 5.91 Å². The Hall–Kier alpha value is -4.53. The van der Waals surface area contributed by atoms with Crippen LogP contribution in [0.25, 0.3) is 17.0 Å². The van der Waals surface area contributed by atoms with Crippen LogP contribution in [0.1, 0.15) is 41.1 Å². The first kappa shape index (κ1) is 22.9. The summed E-state index contributed by atoms with van der Waals surface area (Å²) in [7, 11) is 0. The predicted molar refractivity (Wildman–Crippen MR) is 137 cm³/mol. The molecule has 0 radical (unpaired) electrons. The SMILES string of the molecule is O=C(Nc1ccc(F)c(-c2nnc3n2CCCCC3)c1)c1cccc(OCc2cn3ccccc3n2)c1. The first-order valence-electron chi connectivity index (χ1n) is 12.3. The molecule has 1 N–H and O–H groups in total. The van der Waals surface area contributed by atoms with Gasteiger partial charge in [-0.05, 0) is 61.4 Å². The number of amides is 1. The standard InChI is InChI=1S/C28H25FN6O2/c29-24-12-11-20(16-23(24)27-33-32-26-10-2-1-4-14-35(26)27)31-28(36)19-7-6-8-22(15-19)37-18-21-17-34-13-5-3-9-25(34)30-21/h3,5-9,11-13,15-17H,1-2,4,10,14,18H2,(H,31,36). The molecule has 0 fully saturated rings. The molecule has 37 heavy (non-hydrogen) atoms. The van der Waals surface area contributed by atoms with Crippen molar-refractivity contribution in [2.24, 2.45) is 0 Å². The highest BCUT2D eigenvalue weighted by atomic mass is 19.1. The summed E-state index contributed by atoms with van der Waals surface area (Å²) < 4.78 is 24.6. The van der Waals surface area contributed by atoms with Crippen LogP contribution in [0.3, 0.4) is 0 Å². The molecular weight excluding hydrogens is 471 g/mol. The van der Waals surface area contributed by atoms with Crippen LogP contribution in [0.2, 0.25) is 0 Å². The number of hydrogen-bond donors (Lipinski definition) is 1. The molecule has 0 atom stereocenters. The molecule has 8 nitrogen and oxygen atoms in total. The van der Waals surface area contributed by atoms with Crippen LogP contribution in [-0.4, -0.2) is 30.1 Å². The molecule has 0 aliphatic carbocycles. The fraction of sp³-hybridized carbons (Fsp3) is 0.214. The number of nitrogens with zero attached hydrogens (tertiary/aromatic N) is 5. The van der Waals surface area contributed by atoms with Gasteiger partial charge in [0.1, 0.15) is 29.6 Å². The van der Waals surface area contributed by atoms with Crippen molar-refractivity contribution in [2.75, 3.05) is 5.32 Å². The normalized spacial score (nSPS) is 13.2. The molecule has 1 amide bonds. The van der Waals surface area contributed by atoms with Crippen molar-refractivity contribution in [1.29, 1.82) is 0 Å². The van der Waals surface area contributed by atoms with Gasteiger partial charge in [-0.15, -0.1) is 10.2 Å². The number of carbonyl (C=O) groups is 1. The Morgan fingerprint density at radius 1 is 1.03 bits per heavy atom. The van der Waals surface area contributed by atoms with E-state index in [0.717, 1.165) is 49.4 Å². The average Bonchev–Trinajstić information content (AvgIpc) is 3.45. The minimum atomic E-state index is -0.403. The zero-order chi connectivity index (χ0) is 25.2. The smallest absolute Gasteiger partial charge is 0.255 e. The van der Waals surface area contributed by atoms with E-state index in [0.29, 0.717) is 28.4 Å². The molecule has 0 spiro atoms. The Morgan fingerprint density at radius 2 is 1.97 bits per heavy atom. The number of ether oxygens (including phenoxy) is 1. The van der Waals surface area contributed by atoms with Gasteiger partial charge in [-0.2, -0.15) is 0 Å². The number of carbonyl (C=O) groups excluding carboxylic acids is 1. The van der Waals surface area contributed by atoms with Crippen LogP contribution in [0.4, 0.5) is 10.1 Å². The number of rotatable bonds is 6. The van der Waals surface area contributed by atoms with E-state index in [2.05, 4.69) is 20.5 Å². The lowest BCUT2D eigenvalue weighted by molar-refractivity contribution is 0.102. The minimum Gasteiger partial charge on any atom is -0.487 e. The van der Waals surface area contributed by atoms with E-state index < -0.39 is 5.82 Å². The first-order chi connectivity index (χ1) is 18.1. The number of nitrogens with one attached hydrogen (secondary N) is 1. The molecule has 6 rings (SSSR count). The van der Waals surface area contributed by atoms with Crippen LogP contribution in [0.5, 0.6) is 5.75 Å². The molecule has 0 saturated carbocycles. The van der Waals surface area contributed by atoms with Crippen molar-refractivity contribution in [3.05, 3.63) is 96.0 Å². The van der Waals surface area contributed by atoms with E-state index in [1.165, 1.54) is 6.07 Å². The number of benzene rings is 2. The van der Waals surface area contributed by atoms with Crippen molar-refractivity contribution in [3.63, 3.8) is 0 Å². The van der Waals surface area contributed by atoms with E-state index >= 15 is 0 Å². The van der Waals surface area contributed by atoms with E-state index in [9.17, 15) is 9.18 Å². The second kappa shape index (κ2) is 9.85. The molecule has 0 unspecified atom stereocenters. The highest BCUT2D eigenvalue weighted by Crippen LogP contribution is 2.28. The summed E-state index contributed by atoms with van der Waals surface area (Å²) in [5.41, 5.74) is 2.85. The molecule has 9 heteroatoms. The van der Waals surface area contributed by atoms with Gasteiger partial charge in [0, 0.05) is 36.6 Å². The van der Waals surface area contributed by atoms with Gasteiger partial charge in [0.2, 0.25) is 0 Å². The second-order valence-electron chi connectivity index (χ2n) is 9.07. The third kappa shape index (κ3) is 4.80. The lowest BCUT2D eigenvalue weighted by Gasteiger charge is -2.11. The van der Waals surface area contributed by atoms with Crippen molar-refractivity contribution in [3.8, 4) is 17.1 Å². The van der Waals surface area contributed by atoms with Gasteiger partial charge >= 0.3 is 0 Å². The third-order valence-electron chi connectivity index (χ3n) is 6.47. The highest BCUT2D eigenvalue weighted by molar-refractivity contribution is 6.04. The molecule has 4 heterocycles. The lowest BCUT2D eigenvalue weighted by Crippen LogP contribution is -2.12. The summed E-state index contributed by atoms with van der Waals surface area (Å²) in [6, 6.07) is 17.2. The number of aromatic nitrogens is 5. The summed E-state index contributed by atoms with van der Waals surface area (Å²) in [5, 5.41) is 11.4. The number of hydrogen-bond acceptors (Lipinski definition) is 5. The molecule has 2 aromatic carbocycles. The lowest BCUT2D eigenvalue weighted by atomic mass is 10.1. The Kier molecular flexibility index (Phi) is 6.10. The summed E-state index contributed by atoms with van der Waals surface area (Å²) >= 11 is 0. The Bertz CT molecular complexity index is 1560. The third-order valence-corrected chi connectivity index (χ3v) is 6.47. The van der Waals surface area contributed by atoms with E-state index in [1.807, 2.05) is 39.6 Å². The van der Waals surface area contributed by atoms with Gasteiger partial charge < -0.3 is 19.0 Å². The van der Waals surface area contributed by atoms with Gasteiger partial charge in [0.15, 0.2) is 5.82 Å². The van der Waals surface area contributed by atoms with Crippen LogP contribution < -0.4 is 10.1 Å². The van der Waals surface area contributed by atoms with Crippen molar-refractivity contribution in [2.45, 2.75) is 38.8 Å². The predicted octanol–water partition coefficient (Wildman–Crippen LogP) is 5.29. The number of imidazole rings is 1. The van der Waals surface area contributed by atoms with E-state index in [1.54, 1.807) is 36.4 Å². The minimum absolute atomic E-state index is 0.275. The van der Waals surface area contributed by atoms with Gasteiger partial charge in [-0.1, -0.05) is 18.6 Å². The number of aryl methyl sites for hydroxylation is 1. The Balaban J connectivity index is 1.17. The fourth-order valence-corrected chi connectivity index (χ4v) is 4.60. The summed E-state index contributed by atoms with van der Waals surface area (Å²) in [4.78, 5) is 17.5. The molecule has 0 bridgehead atoms. The molecular formula is C28H25FN6O2. The number of halogens is 1. The average molecular weight is 497 g/mol. The molecule has 3 aromatic heterocycles. The fourth-order valence-electron chi connectivity index (χ4n) is 4.60. The number of pyridine rings is 1. The topological polar surface area (TPSA) is 86.3 Å². The maximum absolute atomic E-state index is 14.8. The maximum Gasteiger partial charge on any atom is 0.255 e. The van der Waals surface area contributed by atoms with Crippen LogP contribution in [0, 0.1) is 5.82 Å². The largest absolute Gasteiger partial charge is 0.487 e. The zero-order valence-corrected chi connectivity index (χ0v) is 20.1. The van der Waals surface area contributed by atoms with Gasteiger partial charge in [-0.25, -0.2) is 9.37 Å². The van der Waals surface area contributed by atoms with Crippen molar-refractivity contribution >= 4 is 17.2 Å². The Morgan fingerprint density at radius 3 is 2.89 bits per heavy atom. The van der Waals surface area contributed by atoms with Crippen LogP contribution >= 0.6 is 0 Å². The first-order valence-corrected chi connectivity index (χ1v) is 12.3. The highest BCUT2D eigenvalue weighted by Gasteiger charge is 2.19. The number of fused-ring (bicyclic) bond motifs is 2. The zero-order valence-electron chi connectivity index (χ0n) is 20.1. The maximum atomic E-state index is 14.8.